The van der Waals surface area contributed by atoms with E-state index < -0.39 is 66.5 Å². The Morgan fingerprint density at radius 3 is 0.851 bits per heavy atom. The maximum Gasteiger partial charge on any atom is 0.161 e. The number of ketones is 1. The summed E-state index contributed by atoms with van der Waals surface area (Å²) in [4.78, 5) is 45.3. The van der Waals surface area contributed by atoms with Gasteiger partial charge in [0.2, 0.25) is 0 Å². The maximum atomic E-state index is 14.1. The van der Waals surface area contributed by atoms with Crippen molar-refractivity contribution < 1.29 is 95.6 Å². The molecular weight excluding hydrogens is 1660 g/mol. The monoisotopic (exact) mass is 1780 g/mol. The quantitative estimate of drug-likeness (QED) is 0.0603. The molecule has 0 aliphatic carbocycles. The zero-order valence-electron chi connectivity index (χ0n) is 73.6. The Morgan fingerprint density at radius 1 is 0.372 bits per heavy atom. The van der Waals surface area contributed by atoms with Gasteiger partial charge in [0.1, 0.15) is 117 Å². The molecule has 10 aliphatic heterocycles. The molecule has 0 saturated carbocycles. The van der Waals surface area contributed by atoms with E-state index in [-0.39, 0.29) is 112 Å². The summed E-state index contributed by atoms with van der Waals surface area (Å²) < 4.78 is 103. The van der Waals surface area contributed by atoms with Crippen LogP contribution in [0.1, 0.15) is 84.6 Å². The highest BCUT2D eigenvalue weighted by molar-refractivity contribution is 8.15. The molecule has 4 aromatic rings. The van der Waals surface area contributed by atoms with Gasteiger partial charge in [0.15, 0.2) is 31.6 Å². The average molecular weight is 1790 g/mol. The molecule has 0 amide bonds. The first-order valence-corrected chi connectivity index (χ1v) is 45.3. The topological polar surface area (TPSA) is 296 Å². The standard InChI is InChI=1S/C19H27FN2O3S.2C19H28N2O4S.C19H26N2O4S.C10H17FN2O3S/c1-11-16(12(2)20)25-18-15(21-19(26-18)22(3)4)17(11)24-10-13-6-8-14(23-5)9-7-13;3*1-11-16(12(2)22)25-18-15(20-19(26-18)21(3)4)17(11)24-10-13-6-8-14(23-5)9-7-13;1-4(11)8-7(15)6(14)5-9(16-8)17-10(12-5)13(2)3/h6-9,11-12,15-18H,10H2,1-5H3;2*6-9,11-12,15-18,22H,10H2,1-5H3;6-9,11,15-18H,10H2,1-5H3;4-9,14-15H,1-3H3/t11-,12+,15-,16+,17+,18-;2*11-,12?,15-,16+,17+,18-;11-,15-,16+,17+,18-;4-,5+,6+,7-,8+,9+/m11110/s1. The summed E-state index contributed by atoms with van der Waals surface area (Å²) in [7, 11) is 26.0. The van der Waals surface area contributed by atoms with Gasteiger partial charge in [-0.25, -0.2) is 8.78 Å². The van der Waals surface area contributed by atoms with Gasteiger partial charge in [-0.15, -0.1) is 0 Å². The van der Waals surface area contributed by atoms with Crippen molar-refractivity contribution in [2.24, 2.45) is 48.6 Å². The number of rotatable bonds is 21. The van der Waals surface area contributed by atoms with Gasteiger partial charge in [0.25, 0.3) is 0 Å². The molecule has 10 heterocycles. The number of carbonyl (C=O) groups is 1. The van der Waals surface area contributed by atoms with Crippen LogP contribution in [0.3, 0.4) is 0 Å². The number of fused-ring (bicyclic) bond motifs is 5. The molecule has 35 heteroatoms. The number of hydrogen-bond donors (Lipinski definition) is 4. The molecule has 0 bridgehead atoms. The molecule has 0 spiro atoms. The third-order valence-electron chi connectivity index (χ3n) is 22.3. The van der Waals surface area contributed by atoms with Crippen molar-refractivity contribution in [1.82, 2.24) is 24.5 Å². The summed E-state index contributed by atoms with van der Waals surface area (Å²) in [6.07, 6.45) is -8.85. The third kappa shape index (κ3) is 24.5. The summed E-state index contributed by atoms with van der Waals surface area (Å²) in [5.74, 6) is 3.26. The number of aliphatic hydroxyl groups is 4. The Labute approximate surface area is 733 Å². The van der Waals surface area contributed by atoms with E-state index in [0.29, 0.717) is 26.4 Å². The molecule has 28 nitrogen and oxygen atoms in total. The summed E-state index contributed by atoms with van der Waals surface area (Å²) in [5.41, 5.74) is 3.22. The Bertz CT molecular complexity index is 3830. The molecule has 10 aliphatic rings. The number of halogens is 2. The number of aliphatic hydroxyl groups excluding tert-OH is 4. The predicted octanol–water partition coefficient (Wildman–Crippen LogP) is 10.4. The highest BCUT2D eigenvalue weighted by Crippen LogP contribution is 2.47. The fourth-order valence-corrected chi connectivity index (χ4v) is 21.3. The van der Waals surface area contributed by atoms with E-state index in [1.165, 1.54) is 18.7 Å². The Morgan fingerprint density at radius 2 is 0.603 bits per heavy atom. The number of Topliss-reactive ketones (excluding diaryl/α,β-unsaturated/α-hetero) is 1. The van der Waals surface area contributed by atoms with Gasteiger partial charge in [0.05, 0.1) is 110 Å². The van der Waals surface area contributed by atoms with Gasteiger partial charge in [-0.3, -0.25) is 29.8 Å². The van der Waals surface area contributed by atoms with E-state index in [9.17, 15) is 34.0 Å². The van der Waals surface area contributed by atoms with Gasteiger partial charge in [-0.05, 0) is 105 Å². The summed E-state index contributed by atoms with van der Waals surface area (Å²) in [6.45, 7) is 18.0. The second-order valence-corrected chi connectivity index (χ2v) is 38.1. The molecule has 14 rings (SSSR count). The third-order valence-corrected chi connectivity index (χ3v) is 28.8. The highest BCUT2D eigenvalue weighted by atomic mass is 32.2. The number of ether oxygens (including phenoxy) is 13. The molecule has 4 N–H and O–H groups in total. The Hall–Kier alpha value is -5.81. The van der Waals surface area contributed by atoms with E-state index in [0.717, 1.165) is 71.1 Å². The molecule has 5 saturated heterocycles. The molecule has 0 aromatic heterocycles. The summed E-state index contributed by atoms with van der Waals surface area (Å²) in [6, 6.07) is 30.4. The molecule has 5 fully saturated rings. The number of carbonyl (C=O) groups excluding carboxylic acids is 1. The highest BCUT2D eigenvalue weighted by Gasteiger charge is 2.55. The van der Waals surface area contributed by atoms with Crippen LogP contribution in [-0.2, 0) is 73.9 Å². The second-order valence-electron chi connectivity index (χ2n) is 32.7. The van der Waals surface area contributed by atoms with Crippen LogP contribution in [0.5, 0.6) is 23.0 Å². The van der Waals surface area contributed by atoms with Crippen molar-refractivity contribution in [3.05, 3.63) is 119 Å². The van der Waals surface area contributed by atoms with E-state index in [2.05, 4.69) is 18.8 Å². The number of benzene rings is 4. The van der Waals surface area contributed by atoms with Gasteiger partial charge < -0.3 is 107 Å². The largest absolute Gasteiger partial charge is 0.497 e. The van der Waals surface area contributed by atoms with Crippen LogP contribution in [0.2, 0.25) is 0 Å². The fraction of sp³-hybridized carbons (Fsp3) is 0.651. The number of methoxy groups -OCH3 is 4. The molecule has 29 atom stereocenters. The predicted molar refractivity (Wildman–Crippen MR) is 476 cm³/mol. The molecule has 4 aromatic carbocycles. The SMILES string of the molecule is COc1ccc(CO[C@H]2[C@H](C)[C@@H](C(C)=O)O[C@@H]3SC(N(C)C)=N[C@H]23)cc1.COc1ccc(CO[C@H]2[C@H](C)[C@@H](C(C)O)O[C@@H]3SC(N(C)C)=N[C@H]23)cc1.COc1ccc(CO[C@H]2[C@H](C)[C@@H](C(C)O)O[C@@H]3SC(N(C)C)=N[C@H]23)cc1.COc1ccc(CO[C@H]2[C@H](C)[C@@H]([C@H](C)F)O[C@@H]3SC(N(C)C)=N[C@H]23)cc1.C[C@H](F)[C@H]1O[C@@H]2SC(N(C)C)=N[C@@H]2[C@@H](O)[C@@H]1O. The van der Waals surface area contributed by atoms with Crippen molar-refractivity contribution in [3.8, 4) is 23.0 Å². The minimum Gasteiger partial charge on any atom is -0.497 e. The zero-order chi connectivity index (χ0) is 88.1. The zero-order valence-corrected chi connectivity index (χ0v) is 77.7. The van der Waals surface area contributed by atoms with Crippen LogP contribution >= 0.6 is 58.8 Å². The number of alkyl halides is 2. The Balaban J connectivity index is 0.000000160. The van der Waals surface area contributed by atoms with Gasteiger partial charge in [-0.2, -0.15) is 0 Å². The van der Waals surface area contributed by atoms with E-state index in [1.807, 2.05) is 201 Å². The molecule has 2 unspecified atom stereocenters. The van der Waals surface area contributed by atoms with Crippen molar-refractivity contribution in [2.45, 2.75) is 238 Å². The molecular formula is C86H126F2N10O18S5. The van der Waals surface area contributed by atoms with Crippen LogP contribution < -0.4 is 18.9 Å². The molecule has 672 valence electrons. The van der Waals surface area contributed by atoms with Crippen LogP contribution in [0.15, 0.2) is 122 Å². The lowest BCUT2D eigenvalue weighted by Gasteiger charge is -2.42. The lowest BCUT2D eigenvalue weighted by molar-refractivity contribution is -0.170. The van der Waals surface area contributed by atoms with Gasteiger partial charge in [0, 0.05) is 94.1 Å². The summed E-state index contributed by atoms with van der Waals surface area (Å²) in [5, 5.41) is 44.4. The average Bonchev–Trinajstić information content (AvgIpc) is 1.68. The van der Waals surface area contributed by atoms with Crippen molar-refractivity contribution in [2.75, 3.05) is 98.9 Å². The van der Waals surface area contributed by atoms with Crippen LogP contribution in [-0.4, -0.2) is 325 Å². The number of hydrogen-bond acceptors (Lipinski definition) is 33. The normalized spacial score (nSPS) is 33.2. The minimum absolute atomic E-state index is 0.0351. The van der Waals surface area contributed by atoms with Crippen LogP contribution in [0.25, 0.3) is 0 Å². The Kier molecular flexibility index (Phi) is 35.9. The first kappa shape index (κ1) is 97.4. The van der Waals surface area contributed by atoms with Crippen molar-refractivity contribution in [1.29, 1.82) is 0 Å². The second kappa shape index (κ2) is 44.6. The van der Waals surface area contributed by atoms with Crippen LogP contribution in [0.4, 0.5) is 8.78 Å². The molecule has 0 radical (unpaired) electrons. The lowest BCUT2D eigenvalue weighted by atomic mass is 9.87. The smallest absolute Gasteiger partial charge is 0.161 e. The van der Waals surface area contributed by atoms with E-state index >= 15 is 0 Å². The van der Waals surface area contributed by atoms with E-state index in [4.69, 9.17) is 81.5 Å². The van der Waals surface area contributed by atoms with Crippen molar-refractivity contribution >= 4 is 90.4 Å². The lowest BCUT2D eigenvalue weighted by Crippen LogP contribution is -2.57. The number of amidine groups is 5. The first-order valence-electron chi connectivity index (χ1n) is 40.9. The molecule has 121 heavy (non-hydrogen) atoms. The first-order chi connectivity index (χ1) is 57.5. The summed E-state index contributed by atoms with van der Waals surface area (Å²) >= 11 is 7.66. The number of thioether (sulfide) groups is 5. The van der Waals surface area contributed by atoms with Crippen molar-refractivity contribution in [3.63, 3.8) is 0 Å². The van der Waals surface area contributed by atoms with Gasteiger partial charge in [-0.1, -0.05) is 135 Å². The fourth-order valence-electron chi connectivity index (χ4n) is 15.6. The minimum atomic E-state index is -1.33. The van der Waals surface area contributed by atoms with Gasteiger partial charge >= 0.3 is 0 Å². The number of aliphatic imine (C=N–C) groups is 5. The number of nitrogens with zero attached hydrogens (tertiary/aromatic N) is 10. The maximum absolute atomic E-state index is 14.1. The van der Waals surface area contributed by atoms with Crippen LogP contribution in [0, 0.1) is 23.7 Å². The van der Waals surface area contributed by atoms with E-state index in [1.54, 1.807) is 108 Å².